The molecule has 2 nitrogen and oxygen atoms in total. The third kappa shape index (κ3) is 198. The Morgan fingerprint density at radius 2 is 1.00 bits per heavy atom. The second kappa shape index (κ2) is 28.4. The Balaban J connectivity index is -0.0000000400. The van der Waals surface area contributed by atoms with Crippen molar-refractivity contribution in [3.63, 3.8) is 0 Å². The standard InChI is InChI=1S/2C2H6O.Na.H/c2*1-2-3;;/h2*3H,2H2,1H3;;. The molecule has 0 saturated heterocycles. The molecule has 0 amide bonds. The zero-order valence-electron chi connectivity index (χ0n) is 4.31. The van der Waals surface area contributed by atoms with E-state index in [9.17, 15) is 0 Å². The summed E-state index contributed by atoms with van der Waals surface area (Å²) in [7, 11) is 0. The fourth-order valence-corrected chi connectivity index (χ4v) is 0. The molecule has 0 fully saturated rings. The molecule has 42 valence electrons. The average molecular weight is 116 g/mol. The predicted molar refractivity (Wildman–Crippen MR) is 32.7 cm³/mol. The molecule has 0 aliphatic carbocycles. The van der Waals surface area contributed by atoms with Gasteiger partial charge < -0.3 is 10.2 Å². The van der Waals surface area contributed by atoms with Crippen LogP contribution >= 0.6 is 0 Å². The van der Waals surface area contributed by atoms with E-state index in [4.69, 9.17) is 10.2 Å². The van der Waals surface area contributed by atoms with E-state index in [0.717, 1.165) is 0 Å². The van der Waals surface area contributed by atoms with Crippen LogP contribution < -0.4 is 0 Å². The van der Waals surface area contributed by atoms with Gasteiger partial charge in [-0.15, -0.1) is 0 Å². The Bertz CT molecular complexity index is 11.7. The van der Waals surface area contributed by atoms with E-state index in [1.165, 1.54) is 0 Å². The maximum absolute atomic E-state index is 7.57. The Morgan fingerprint density at radius 3 is 1.00 bits per heavy atom. The van der Waals surface area contributed by atoms with E-state index in [-0.39, 0.29) is 42.8 Å². The van der Waals surface area contributed by atoms with Crippen molar-refractivity contribution in [2.45, 2.75) is 13.8 Å². The summed E-state index contributed by atoms with van der Waals surface area (Å²) in [4.78, 5) is 0. The molecule has 0 radical (unpaired) electrons. The average Bonchev–Trinajstić information content (AvgIpc) is 1.39. The van der Waals surface area contributed by atoms with Crippen molar-refractivity contribution in [2.75, 3.05) is 13.2 Å². The molecule has 0 unspecified atom stereocenters. The van der Waals surface area contributed by atoms with Crippen LogP contribution in [0.2, 0.25) is 0 Å². The summed E-state index contributed by atoms with van der Waals surface area (Å²) in [5.41, 5.74) is 0. The molecule has 0 rings (SSSR count). The molecule has 0 atom stereocenters. The number of rotatable bonds is 0. The first-order chi connectivity index (χ1) is 2.83. The predicted octanol–water partition coefficient (Wildman–Crippen LogP) is -0.651. The second-order valence-corrected chi connectivity index (χ2v) is 0.632. The van der Waals surface area contributed by atoms with E-state index < -0.39 is 0 Å². The number of aliphatic hydroxyl groups is 2. The Kier molecular flexibility index (Phi) is 63.7. The third-order valence-corrected chi connectivity index (χ3v) is 0. The molecule has 0 aliphatic rings. The zero-order chi connectivity index (χ0) is 5.41. The zero-order valence-corrected chi connectivity index (χ0v) is 4.31. The SMILES string of the molecule is CCO.CCO.[NaH]. The molecule has 0 spiro atoms. The van der Waals surface area contributed by atoms with Crippen molar-refractivity contribution in [3.05, 3.63) is 0 Å². The van der Waals surface area contributed by atoms with Crippen LogP contribution in [0.1, 0.15) is 13.8 Å². The summed E-state index contributed by atoms with van der Waals surface area (Å²) >= 11 is 0. The minimum atomic E-state index is 0. The summed E-state index contributed by atoms with van der Waals surface area (Å²) < 4.78 is 0. The third-order valence-electron chi connectivity index (χ3n) is 0. The quantitative estimate of drug-likeness (QED) is 0.413. The van der Waals surface area contributed by atoms with Crippen molar-refractivity contribution in [3.8, 4) is 0 Å². The first kappa shape index (κ1) is 15.7. The molecule has 2 N–H and O–H groups in total. The molecule has 0 heterocycles. The van der Waals surface area contributed by atoms with Crippen molar-refractivity contribution in [1.82, 2.24) is 0 Å². The summed E-state index contributed by atoms with van der Waals surface area (Å²) in [5.74, 6) is 0. The Morgan fingerprint density at radius 1 is 1.00 bits per heavy atom. The van der Waals surface area contributed by atoms with Gasteiger partial charge in [-0.1, -0.05) is 0 Å². The van der Waals surface area contributed by atoms with Crippen LogP contribution in [0.5, 0.6) is 0 Å². The summed E-state index contributed by atoms with van der Waals surface area (Å²) in [6.07, 6.45) is 0. The molecule has 7 heavy (non-hydrogen) atoms. The van der Waals surface area contributed by atoms with Crippen LogP contribution in [0.15, 0.2) is 0 Å². The van der Waals surface area contributed by atoms with Gasteiger partial charge in [0.05, 0.1) is 0 Å². The molecular formula is C4H13NaO2. The Hall–Kier alpha value is 0.920. The van der Waals surface area contributed by atoms with Gasteiger partial charge in [0.2, 0.25) is 0 Å². The van der Waals surface area contributed by atoms with Crippen LogP contribution in [-0.4, -0.2) is 53.0 Å². The van der Waals surface area contributed by atoms with Gasteiger partial charge in [-0.05, 0) is 13.8 Å². The van der Waals surface area contributed by atoms with E-state index in [1.54, 1.807) is 13.8 Å². The Labute approximate surface area is 66.8 Å². The topological polar surface area (TPSA) is 40.5 Å². The number of hydrogen-bond donors (Lipinski definition) is 2. The molecule has 3 heteroatoms. The fourth-order valence-electron chi connectivity index (χ4n) is 0. The summed E-state index contributed by atoms with van der Waals surface area (Å²) in [5, 5.41) is 15.1. The van der Waals surface area contributed by atoms with E-state index in [0.29, 0.717) is 0 Å². The van der Waals surface area contributed by atoms with Crippen molar-refractivity contribution in [1.29, 1.82) is 0 Å². The van der Waals surface area contributed by atoms with Gasteiger partial charge in [0.25, 0.3) is 0 Å². The van der Waals surface area contributed by atoms with Crippen LogP contribution in [0.3, 0.4) is 0 Å². The first-order valence-electron chi connectivity index (χ1n) is 2.05. The molecular weight excluding hydrogens is 103 g/mol. The molecule has 0 saturated carbocycles. The summed E-state index contributed by atoms with van der Waals surface area (Å²) in [6, 6.07) is 0. The molecule has 0 aromatic carbocycles. The molecule has 0 aliphatic heterocycles. The maximum atomic E-state index is 7.57. The van der Waals surface area contributed by atoms with Gasteiger partial charge in [0.15, 0.2) is 0 Å². The fraction of sp³-hybridized carbons (Fsp3) is 1.00. The van der Waals surface area contributed by atoms with Crippen LogP contribution in [0.4, 0.5) is 0 Å². The van der Waals surface area contributed by atoms with Crippen molar-refractivity contribution >= 4 is 29.6 Å². The van der Waals surface area contributed by atoms with E-state index in [2.05, 4.69) is 0 Å². The van der Waals surface area contributed by atoms with Gasteiger partial charge in [0, 0.05) is 13.2 Å². The first-order valence-corrected chi connectivity index (χ1v) is 2.05. The normalized spacial score (nSPS) is 5.14. The molecule has 0 aromatic heterocycles. The van der Waals surface area contributed by atoms with Crippen molar-refractivity contribution in [2.24, 2.45) is 0 Å². The van der Waals surface area contributed by atoms with Crippen LogP contribution in [0.25, 0.3) is 0 Å². The monoisotopic (exact) mass is 116 g/mol. The van der Waals surface area contributed by atoms with Gasteiger partial charge in [-0.25, -0.2) is 0 Å². The molecule has 0 aromatic rings. The van der Waals surface area contributed by atoms with Gasteiger partial charge in [-0.2, -0.15) is 0 Å². The number of hydrogen-bond acceptors (Lipinski definition) is 2. The molecule has 0 bridgehead atoms. The number of aliphatic hydroxyl groups excluding tert-OH is 2. The van der Waals surface area contributed by atoms with E-state index >= 15 is 0 Å². The minimum absolute atomic E-state index is 0. The van der Waals surface area contributed by atoms with Crippen LogP contribution in [-0.2, 0) is 0 Å². The van der Waals surface area contributed by atoms with Gasteiger partial charge in [-0.3, -0.25) is 0 Å². The van der Waals surface area contributed by atoms with E-state index in [1.807, 2.05) is 0 Å². The van der Waals surface area contributed by atoms with Crippen LogP contribution in [0, 0.1) is 0 Å². The second-order valence-electron chi connectivity index (χ2n) is 0.632. The van der Waals surface area contributed by atoms with Crippen molar-refractivity contribution < 1.29 is 10.2 Å². The van der Waals surface area contributed by atoms with Gasteiger partial charge in [0.1, 0.15) is 0 Å². The summed E-state index contributed by atoms with van der Waals surface area (Å²) in [6.45, 7) is 3.86. The van der Waals surface area contributed by atoms with Gasteiger partial charge >= 0.3 is 29.6 Å².